The summed E-state index contributed by atoms with van der Waals surface area (Å²) in [5.41, 5.74) is 4.77. The van der Waals surface area contributed by atoms with Crippen LogP contribution in [0.3, 0.4) is 0 Å². The highest BCUT2D eigenvalue weighted by molar-refractivity contribution is 5.85. The fourth-order valence-corrected chi connectivity index (χ4v) is 3.09. The van der Waals surface area contributed by atoms with Gasteiger partial charge in [-0.25, -0.2) is 9.13 Å². The van der Waals surface area contributed by atoms with E-state index in [4.69, 9.17) is 0 Å². The van der Waals surface area contributed by atoms with Gasteiger partial charge in [-0.2, -0.15) is 0 Å². The van der Waals surface area contributed by atoms with Crippen LogP contribution in [0.25, 0.3) is 22.4 Å². The van der Waals surface area contributed by atoms with Gasteiger partial charge in [0, 0.05) is 30.7 Å². The number of halogens is 1. The molecule has 0 bridgehead atoms. The predicted molar refractivity (Wildman–Crippen MR) is 98.2 cm³/mol. The molecule has 0 saturated heterocycles. The van der Waals surface area contributed by atoms with Crippen molar-refractivity contribution in [2.75, 3.05) is 19.0 Å². The van der Waals surface area contributed by atoms with Crippen molar-refractivity contribution in [2.45, 2.75) is 6.92 Å². The molecule has 0 amide bonds. The zero-order valence-electron chi connectivity index (χ0n) is 14.6. The Morgan fingerprint density at radius 2 is 1.72 bits per heavy atom. The third kappa shape index (κ3) is 3.07. The Morgan fingerprint density at radius 3 is 2.40 bits per heavy atom. The number of fused-ring (bicyclic) bond motifs is 1. The Labute approximate surface area is 158 Å². The molecule has 2 aromatic carbocycles. The molecule has 0 fully saturated rings. The number of aromatic amines is 1. The van der Waals surface area contributed by atoms with Crippen LogP contribution in [0, 0.1) is 6.92 Å². The summed E-state index contributed by atoms with van der Waals surface area (Å²) in [5, 5.41) is 1.27. The number of aryl methyl sites for hydroxylation is 1. The average molecular weight is 397 g/mol. The maximum absolute atomic E-state index is 3.51. The summed E-state index contributed by atoms with van der Waals surface area (Å²) in [7, 11) is 4.11. The van der Waals surface area contributed by atoms with Crippen LogP contribution in [0.1, 0.15) is 5.56 Å². The second-order valence-electron chi connectivity index (χ2n) is 6.28. The minimum atomic E-state index is 0. The number of hydrogen-bond acceptors (Lipinski definition) is 1. The van der Waals surface area contributed by atoms with Crippen LogP contribution in [0.5, 0.6) is 0 Å². The van der Waals surface area contributed by atoms with E-state index in [0.717, 1.165) is 11.5 Å². The number of anilines is 1. The van der Waals surface area contributed by atoms with Crippen LogP contribution in [-0.2, 0) is 0 Å². The first-order valence-electron chi connectivity index (χ1n) is 8.08. The standard InChI is InChI=1S/C20H21N4.BrH/c1-15-18-6-4-5-7-19(18)21-20(15)24-13-12-23(14-24)17-10-8-16(9-11-17)22(2)3;/h4-14,21H,1-3H3;1H/q+1;/p-1. The minimum Gasteiger partial charge on any atom is -1.00 e. The predicted octanol–water partition coefficient (Wildman–Crippen LogP) is 0.614. The Kier molecular flexibility index (Phi) is 4.68. The Morgan fingerprint density at radius 1 is 1.00 bits per heavy atom. The molecule has 5 heteroatoms. The molecular weight excluding hydrogens is 376 g/mol. The normalized spacial score (nSPS) is 10.7. The van der Waals surface area contributed by atoms with Crippen molar-refractivity contribution < 1.29 is 21.5 Å². The van der Waals surface area contributed by atoms with E-state index < -0.39 is 0 Å². The quantitative estimate of drug-likeness (QED) is 0.505. The number of benzene rings is 2. The highest BCUT2D eigenvalue weighted by Crippen LogP contribution is 2.21. The molecule has 0 aliphatic rings. The van der Waals surface area contributed by atoms with E-state index >= 15 is 0 Å². The first kappa shape index (κ1) is 17.3. The van der Waals surface area contributed by atoms with Crippen molar-refractivity contribution in [1.29, 1.82) is 0 Å². The number of nitrogens with zero attached hydrogens (tertiary/aromatic N) is 3. The van der Waals surface area contributed by atoms with E-state index in [1.54, 1.807) is 0 Å². The molecule has 2 aromatic heterocycles. The summed E-state index contributed by atoms with van der Waals surface area (Å²) in [5.74, 6) is 1.11. The smallest absolute Gasteiger partial charge is 0.234 e. The van der Waals surface area contributed by atoms with Crippen LogP contribution in [0.15, 0.2) is 67.3 Å². The van der Waals surface area contributed by atoms with Gasteiger partial charge in [-0.15, -0.1) is 0 Å². The van der Waals surface area contributed by atoms with E-state index in [1.807, 2.05) is 0 Å². The third-order valence-electron chi connectivity index (χ3n) is 4.50. The number of para-hydroxylation sites is 1. The minimum absolute atomic E-state index is 0. The molecule has 4 aromatic rings. The molecule has 0 aliphatic carbocycles. The first-order valence-corrected chi connectivity index (χ1v) is 8.08. The van der Waals surface area contributed by atoms with Gasteiger partial charge in [0.15, 0.2) is 6.33 Å². The van der Waals surface area contributed by atoms with E-state index in [2.05, 4.69) is 107 Å². The van der Waals surface area contributed by atoms with Gasteiger partial charge in [0.1, 0.15) is 17.4 Å². The van der Waals surface area contributed by atoms with Gasteiger partial charge in [-0.3, -0.25) is 4.98 Å². The Bertz CT molecular complexity index is 996. The molecule has 1 N–H and O–H groups in total. The van der Waals surface area contributed by atoms with Crippen molar-refractivity contribution in [3.05, 3.63) is 72.8 Å². The zero-order valence-corrected chi connectivity index (χ0v) is 16.2. The summed E-state index contributed by atoms with van der Waals surface area (Å²) in [6.45, 7) is 2.16. The fourth-order valence-electron chi connectivity index (χ4n) is 3.09. The van der Waals surface area contributed by atoms with Gasteiger partial charge in [-0.05, 0) is 37.3 Å². The summed E-state index contributed by atoms with van der Waals surface area (Å²) in [4.78, 5) is 5.62. The SMILES string of the molecule is Cc1c(-[n+]2ccn(-c3ccc(N(C)C)cc3)c2)[nH]c2ccccc12.[Br-]. The number of aromatic nitrogens is 3. The van der Waals surface area contributed by atoms with Gasteiger partial charge in [-0.1, -0.05) is 18.2 Å². The lowest BCUT2D eigenvalue weighted by Gasteiger charge is -2.11. The molecule has 0 unspecified atom stereocenters. The summed E-state index contributed by atoms with van der Waals surface area (Å²) < 4.78 is 4.26. The fraction of sp³-hybridized carbons (Fsp3) is 0.150. The van der Waals surface area contributed by atoms with Gasteiger partial charge >= 0.3 is 0 Å². The second-order valence-corrected chi connectivity index (χ2v) is 6.28. The second kappa shape index (κ2) is 6.76. The Hall–Kier alpha value is -2.53. The van der Waals surface area contributed by atoms with E-state index in [0.29, 0.717) is 0 Å². The number of H-pyrrole nitrogens is 1. The summed E-state index contributed by atoms with van der Waals surface area (Å²) in [6.07, 6.45) is 6.26. The molecule has 25 heavy (non-hydrogen) atoms. The molecule has 128 valence electrons. The topological polar surface area (TPSA) is 27.8 Å². The van der Waals surface area contributed by atoms with Crippen molar-refractivity contribution in [3.63, 3.8) is 0 Å². The van der Waals surface area contributed by atoms with Crippen LogP contribution >= 0.6 is 0 Å². The molecular formula is C20H21BrN4. The maximum Gasteiger partial charge on any atom is 0.234 e. The maximum atomic E-state index is 3.51. The molecule has 4 rings (SSSR count). The number of imidazole rings is 1. The average Bonchev–Trinajstić information content (AvgIpc) is 3.20. The summed E-state index contributed by atoms with van der Waals surface area (Å²) in [6, 6.07) is 16.9. The lowest BCUT2D eigenvalue weighted by atomic mass is 10.2. The van der Waals surface area contributed by atoms with Crippen molar-refractivity contribution in [2.24, 2.45) is 0 Å². The van der Waals surface area contributed by atoms with Crippen LogP contribution < -0.4 is 26.4 Å². The van der Waals surface area contributed by atoms with E-state index in [-0.39, 0.29) is 17.0 Å². The lowest BCUT2D eigenvalue weighted by molar-refractivity contribution is -0.598. The zero-order chi connectivity index (χ0) is 16.7. The third-order valence-corrected chi connectivity index (χ3v) is 4.50. The van der Waals surface area contributed by atoms with Crippen molar-refractivity contribution in [1.82, 2.24) is 9.55 Å². The van der Waals surface area contributed by atoms with Crippen LogP contribution in [0.2, 0.25) is 0 Å². The largest absolute Gasteiger partial charge is 1.00 e. The Balaban J connectivity index is 0.00000182. The molecule has 2 heterocycles. The molecule has 0 saturated carbocycles. The van der Waals surface area contributed by atoms with Crippen molar-refractivity contribution in [3.8, 4) is 11.5 Å². The van der Waals surface area contributed by atoms with Gasteiger partial charge < -0.3 is 21.9 Å². The molecule has 0 aliphatic heterocycles. The lowest BCUT2D eigenvalue weighted by Crippen LogP contribution is -3.00. The molecule has 0 spiro atoms. The molecule has 0 radical (unpaired) electrons. The van der Waals surface area contributed by atoms with Gasteiger partial charge in [0.2, 0.25) is 5.82 Å². The first-order chi connectivity index (χ1) is 11.6. The number of rotatable bonds is 3. The van der Waals surface area contributed by atoms with Crippen LogP contribution in [-0.4, -0.2) is 23.6 Å². The summed E-state index contributed by atoms with van der Waals surface area (Å²) >= 11 is 0. The number of nitrogens with one attached hydrogen (secondary N) is 1. The molecule has 0 atom stereocenters. The molecule has 4 nitrogen and oxygen atoms in total. The highest BCUT2D eigenvalue weighted by atomic mass is 79.9. The highest BCUT2D eigenvalue weighted by Gasteiger charge is 2.15. The van der Waals surface area contributed by atoms with E-state index in [9.17, 15) is 0 Å². The van der Waals surface area contributed by atoms with Gasteiger partial charge in [0.05, 0.1) is 6.20 Å². The van der Waals surface area contributed by atoms with Gasteiger partial charge in [0.25, 0.3) is 0 Å². The van der Waals surface area contributed by atoms with E-state index in [1.165, 1.54) is 22.2 Å². The number of hydrogen-bond donors (Lipinski definition) is 1. The van der Waals surface area contributed by atoms with Crippen LogP contribution in [0.4, 0.5) is 5.69 Å². The monoisotopic (exact) mass is 396 g/mol. The van der Waals surface area contributed by atoms with Crippen molar-refractivity contribution >= 4 is 16.6 Å².